The van der Waals surface area contributed by atoms with Gasteiger partial charge in [0, 0.05) is 0 Å². The van der Waals surface area contributed by atoms with Crippen LogP contribution in [-0.2, 0) is 4.79 Å². The van der Waals surface area contributed by atoms with Crippen LogP contribution in [0.4, 0.5) is 0 Å². The Bertz CT molecular complexity index is 168. The molecule has 0 aliphatic heterocycles. The zero-order valence-electron chi connectivity index (χ0n) is 7.16. The Kier molecular flexibility index (Phi) is 5.04. The van der Waals surface area contributed by atoms with E-state index in [1.807, 2.05) is 0 Å². The lowest BCUT2D eigenvalue weighted by atomic mass is 10.1. The maximum Gasteiger partial charge on any atom is 0.194 e. The maximum absolute atomic E-state index is 11.0. The molecule has 0 aromatic heterocycles. The van der Waals surface area contributed by atoms with Crippen LogP contribution in [0.5, 0.6) is 0 Å². The molecule has 1 unspecified atom stereocenters. The second kappa shape index (κ2) is 5.25. The monoisotopic (exact) mass is 195 g/mol. The third kappa shape index (κ3) is 3.37. The van der Waals surface area contributed by atoms with Crippen LogP contribution < -0.4 is 0 Å². The van der Waals surface area contributed by atoms with Crippen LogP contribution in [0.25, 0.3) is 0 Å². The standard InChI is InChI=1S/C7H14O6/c1-3(9)5(11)7(13)6(12)4(10)2-8/h3-6,8-12H,2H2,1H3/t3?,4-,5+,6-/m1/s1/i3+1. The summed E-state index contributed by atoms with van der Waals surface area (Å²) >= 11 is 0. The Morgan fingerprint density at radius 2 is 1.62 bits per heavy atom. The Labute approximate surface area is 75.1 Å². The van der Waals surface area contributed by atoms with E-state index in [1.165, 1.54) is 6.92 Å². The predicted octanol–water partition coefficient (Wildman–Crippen LogP) is -2.99. The van der Waals surface area contributed by atoms with Crippen molar-refractivity contribution in [2.24, 2.45) is 0 Å². The molecule has 0 saturated heterocycles. The normalized spacial score (nSPS) is 20.5. The summed E-state index contributed by atoms with van der Waals surface area (Å²) in [5, 5.41) is 43.9. The van der Waals surface area contributed by atoms with Crippen LogP contribution >= 0.6 is 0 Å². The summed E-state index contributed by atoms with van der Waals surface area (Å²) in [5.74, 6) is -1.11. The first-order valence-electron chi connectivity index (χ1n) is 3.78. The summed E-state index contributed by atoms with van der Waals surface area (Å²) in [4.78, 5) is 11.0. The van der Waals surface area contributed by atoms with E-state index in [2.05, 4.69) is 0 Å². The molecule has 0 aromatic carbocycles. The number of hydrogen-bond donors (Lipinski definition) is 5. The van der Waals surface area contributed by atoms with Gasteiger partial charge >= 0.3 is 0 Å². The van der Waals surface area contributed by atoms with Gasteiger partial charge in [0.05, 0.1) is 12.7 Å². The van der Waals surface area contributed by atoms with Gasteiger partial charge in [-0.15, -0.1) is 0 Å². The van der Waals surface area contributed by atoms with E-state index in [4.69, 9.17) is 25.5 Å². The van der Waals surface area contributed by atoms with Gasteiger partial charge in [0.25, 0.3) is 0 Å². The average molecular weight is 195 g/mol. The highest BCUT2D eigenvalue weighted by atomic mass is 16.4. The van der Waals surface area contributed by atoms with Gasteiger partial charge in [-0.3, -0.25) is 4.79 Å². The minimum Gasteiger partial charge on any atom is -0.394 e. The number of carbonyl (C=O) groups is 1. The molecule has 13 heavy (non-hydrogen) atoms. The molecule has 0 spiro atoms. The minimum atomic E-state index is -1.88. The zero-order chi connectivity index (χ0) is 10.6. The first kappa shape index (κ1) is 12.5. The fourth-order valence-electron chi connectivity index (χ4n) is 0.702. The zero-order valence-corrected chi connectivity index (χ0v) is 7.16. The smallest absolute Gasteiger partial charge is 0.194 e. The molecular weight excluding hydrogens is 181 g/mol. The molecule has 6 nitrogen and oxygen atoms in total. The van der Waals surface area contributed by atoms with Crippen molar-refractivity contribution in [3.63, 3.8) is 0 Å². The van der Waals surface area contributed by atoms with E-state index in [-0.39, 0.29) is 0 Å². The molecule has 0 amide bonds. The maximum atomic E-state index is 11.0. The lowest BCUT2D eigenvalue weighted by molar-refractivity contribution is -0.148. The van der Waals surface area contributed by atoms with Crippen molar-refractivity contribution >= 4 is 5.78 Å². The number of ketones is 1. The molecule has 0 bridgehead atoms. The number of carbonyl (C=O) groups excluding carboxylic acids is 1. The fourth-order valence-corrected chi connectivity index (χ4v) is 0.702. The second-order valence-electron chi connectivity index (χ2n) is 2.78. The average Bonchev–Trinajstić information content (AvgIpc) is 2.12. The molecule has 0 radical (unpaired) electrons. The van der Waals surface area contributed by atoms with Gasteiger partial charge in [0.2, 0.25) is 0 Å². The molecule has 0 fully saturated rings. The second-order valence-corrected chi connectivity index (χ2v) is 2.78. The Morgan fingerprint density at radius 1 is 1.15 bits per heavy atom. The highest BCUT2D eigenvalue weighted by Crippen LogP contribution is 2.02. The van der Waals surface area contributed by atoms with Gasteiger partial charge in [0.15, 0.2) is 5.78 Å². The van der Waals surface area contributed by atoms with Gasteiger partial charge in [-0.2, -0.15) is 0 Å². The Morgan fingerprint density at radius 3 is 1.92 bits per heavy atom. The molecule has 0 aliphatic carbocycles. The predicted molar refractivity (Wildman–Crippen MR) is 41.8 cm³/mol. The van der Waals surface area contributed by atoms with E-state index in [0.29, 0.717) is 0 Å². The highest BCUT2D eigenvalue weighted by molar-refractivity contribution is 5.87. The van der Waals surface area contributed by atoms with Crippen molar-refractivity contribution < 1.29 is 30.3 Å². The summed E-state index contributed by atoms with van der Waals surface area (Å²) in [7, 11) is 0. The van der Waals surface area contributed by atoms with Crippen LogP contribution in [0, 0.1) is 0 Å². The van der Waals surface area contributed by atoms with Gasteiger partial charge in [-0.25, -0.2) is 0 Å². The molecule has 0 heterocycles. The molecule has 0 aromatic rings. The van der Waals surface area contributed by atoms with E-state index >= 15 is 0 Å². The SMILES string of the molecule is C[13CH](O)[C@H](O)C(=O)[C@H](O)[C@H](O)CO. The lowest BCUT2D eigenvalue weighted by Crippen LogP contribution is -2.45. The van der Waals surface area contributed by atoms with Crippen molar-refractivity contribution in [1.29, 1.82) is 0 Å². The minimum absolute atomic E-state index is 0.792. The summed E-state index contributed by atoms with van der Waals surface area (Å²) in [6.45, 7) is 0.375. The molecule has 0 saturated carbocycles. The van der Waals surface area contributed by atoms with E-state index in [0.717, 1.165) is 0 Å². The number of aliphatic hydroxyl groups excluding tert-OH is 5. The molecule has 78 valence electrons. The van der Waals surface area contributed by atoms with Crippen LogP contribution in [0.1, 0.15) is 6.92 Å². The van der Waals surface area contributed by atoms with Crippen molar-refractivity contribution in [3.05, 3.63) is 0 Å². The Hall–Kier alpha value is -0.530. The molecule has 4 atom stereocenters. The number of Topliss-reactive ketones (excluding diaryl/α,β-unsaturated/α-hetero) is 1. The molecule has 6 heteroatoms. The molecule has 0 rings (SSSR count). The number of rotatable bonds is 5. The molecule has 5 N–H and O–H groups in total. The summed E-state index contributed by atoms with van der Waals surface area (Å²) < 4.78 is 0. The van der Waals surface area contributed by atoms with Crippen molar-refractivity contribution in [2.75, 3.05) is 6.61 Å². The van der Waals surface area contributed by atoms with Crippen molar-refractivity contribution in [1.82, 2.24) is 0 Å². The fraction of sp³-hybridized carbons (Fsp3) is 0.857. The van der Waals surface area contributed by atoms with Gasteiger partial charge in [0.1, 0.15) is 18.3 Å². The van der Waals surface area contributed by atoms with Crippen LogP contribution in [-0.4, -0.2) is 62.3 Å². The van der Waals surface area contributed by atoms with E-state index in [1.54, 1.807) is 0 Å². The van der Waals surface area contributed by atoms with Crippen molar-refractivity contribution in [2.45, 2.75) is 31.3 Å². The number of hydrogen-bond acceptors (Lipinski definition) is 6. The topological polar surface area (TPSA) is 118 Å². The van der Waals surface area contributed by atoms with Crippen LogP contribution in [0.15, 0.2) is 0 Å². The summed E-state index contributed by atoms with van der Waals surface area (Å²) in [6.07, 6.45) is -6.60. The Balaban J connectivity index is 4.25. The van der Waals surface area contributed by atoms with Gasteiger partial charge in [-0.05, 0) is 6.92 Å². The third-order valence-electron chi connectivity index (χ3n) is 1.59. The summed E-state index contributed by atoms with van der Waals surface area (Å²) in [5.41, 5.74) is 0. The first-order valence-corrected chi connectivity index (χ1v) is 3.78. The molecular formula is C7H14O6. The van der Waals surface area contributed by atoms with Crippen LogP contribution in [0.2, 0.25) is 0 Å². The molecule has 0 aliphatic rings. The van der Waals surface area contributed by atoms with Crippen molar-refractivity contribution in [3.8, 4) is 0 Å². The van der Waals surface area contributed by atoms with E-state index < -0.39 is 36.8 Å². The number of aliphatic hydroxyl groups is 5. The first-order chi connectivity index (χ1) is 5.91. The van der Waals surface area contributed by atoms with Crippen LogP contribution in [0.3, 0.4) is 0 Å². The van der Waals surface area contributed by atoms with Gasteiger partial charge in [-0.1, -0.05) is 0 Å². The summed E-state index contributed by atoms with van der Waals surface area (Å²) in [6, 6.07) is 0. The largest absolute Gasteiger partial charge is 0.394 e. The van der Waals surface area contributed by atoms with Gasteiger partial charge < -0.3 is 25.5 Å². The lowest BCUT2D eigenvalue weighted by Gasteiger charge is -2.19. The third-order valence-corrected chi connectivity index (χ3v) is 1.59. The highest BCUT2D eigenvalue weighted by Gasteiger charge is 2.31. The quantitative estimate of drug-likeness (QED) is 0.298. The van der Waals surface area contributed by atoms with E-state index in [9.17, 15) is 4.79 Å².